The van der Waals surface area contributed by atoms with Gasteiger partial charge in [0.2, 0.25) is 11.8 Å². The Morgan fingerprint density at radius 2 is 0.926 bits per heavy atom. The molecule has 6 aliphatic heterocycles. The minimum Gasteiger partial charge on any atom is -0.507 e. The third-order valence-corrected chi connectivity index (χ3v) is 19.8. The number of hydrogen-bond donors (Lipinski definition) is 6. The quantitative estimate of drug-likeness (QED) is 0.0928. The molecule has 2 saturated heterocycles. The summed E-state index contributed by atoms with van der Waals surface area (Å²) in [6.45, 7) is 16.4. The number of aromatic hydroxyl groups is 2. The number of ketones is 4. The van der Waals surface area contributed by atoms with Gasteiger partial charge in [-0.3, -0.25) is 53.2 Å². The van der Waals surface area contributed by atoms with Gasteiger partial charge in [-0.15, -0.1) is 0 Å². The predicted molar refractivity (Wildman–Crippen MR) is 315 cm³/mol. The van der Waals surface area contributed by atoms with E-state index < -0.39 is 96.4 Å². The van der Waals surface area contributed by atoms with E-state index in [2.05, 4.69) is 38.5 Å². The molecule has 4 bridgehead atoms. The monoisotopic (exact) mass is 1340 g/mol. The average Bonchev–Trinajstić information content (AvgIpc) is 0.708. The molecule has 0 spiro atoms. The van der Waals surface area contributed by atoms with Gasteiger partial charge in [-0.25, -0.2) is 9.59 Å². The van der Waals surface area contributed by atoms with Crippen molar-refractivity contribution in [3.05, 3.63) is 101 Å². The van der Waals surface area contributed by atoms with Crippen LogP contribution < -0.4 is 21.7 Å². The second-order valence-corrected chi connectivity index (χ2v) is 25.1. The number of nitrogens with zero attached hydrogens (tertiary/aromatic N) is 6. The molecule has 510 valence electrons. The molecule has 3 amide bonds. The molecule has 6 heterocycles. The number of nitrogens with two attached hydrogens (primary N) is 1. The number of esters is 2. The highest BCUT2D eigenvalue weighted by atomic mass is 19.4. The number of phenols is 2. The largest absolute Gasteiger partial charge is 0.507 e. The average molecular weight is 1340 g/mol. The van der Waals surface area contributed by atoms with Crippen molar-refractivity contribution in [2.45, 2.75) is 186 Å². The Morgan fingerprint density at radius 3 is 1.25 bits per heavy atom. The number of phenolic OH excluding ortho intramolecular Hbond substituents is 2. The Morgan fingerprint density at radius 1 is 0.579 bits per heavy atom. The van der Waals surface area contributed by atoms with Gasteiger partial charge in [0, 0.05) is 93.0 Å². The summed E-state index contributed by atoms with van der Waals surface area (Å²) in [5.74, 6) is -10.7. The Labute approximate surface area is 538 Å². The van der Waals surface area contributed by atoms with Gasteiger partial charge in [0.05, 0.1) is 42.3 Å². The van der Waals surface area contributed by atoms with E-state index in [9.17, 15) is 103 Å². The van der Waals surface area contributed by atoms with E-state index in [0.717, 1.165) is 40.3 Å². The number of hydrogen-bond acceptors (Lipinski definition) is 19. The number of rotatable bonds is 7. The van der Waals surface area contributed by atoms with Gasteiger partial charge in [0.15, 0.2) is 23.1 Å². The van der Waals surface area contributed by atoms with Crippen molar-refractivity contribution in [1.82, 2.24) is 35.6 Å². The van der Waals surface area contributed by atoms with Crippen LogP contribution >= 0.6 is 0 Å². The zero-order valence-electron chi connectivity index (χ0n) is 53.5. The highest BCUT2D eigenvalue weighted by molar-refractivity contribution is 6.26. The first-order valence-electron chi connectivity index (χ1n) is 30.0. The number of fused-ring (bicyclic) bond motifs is 12. The topological polar surface area (TPSA) is 326 Å². The molecule has 0 radical (unpaired) electrons. The maximum Gasteiger partial charge on any atom is 0.491 e. The molecule has 7 N–H and O–H groups in total. The molecule has 2 aliphatic carbocycles. The van der Waals surface area contributed by atoms with Crippen LogP contribution in [0.5, 0.6) is 11.5 Å². The summed E-state index contributed by atoms with van der Waals surface area (Å²) in [5, 5.41) is 50.8. The molecule has 95 heavy (non-hydrogen) atoms. The third-order valence-electron chi connectivity index (χ3n) is 19.8. The molecular formula is C64H69F9N10O12. The number of allylic oxidation sites excluding steroid dienone is 4. The third kappa shape index (κ3) is 12.8. The molecule has 0 saturated carbocycles. The van der Waals surface area contributed by atoms with Crippen LogP contribution in [-0.2, 0) is 60.7 Å². The van der Waals surface area contributed by atoms with Crippen LogP contribution in [0.4, 0.5) is 39.5 Å². The lowest BCUT2D eigenvalue weighted by Crippen LogP contribution is -2.71. The Kier molecular flexibility index (Phi) is 19.9. The van der Waals surface area contributed by atoms with E-state index in [4.69, 9.17) is 5.73 Å². The number of halogens is 9. The maximum absolute atomic E-state index is 13.8. The molecule has 2 aromatic rings. The molecule has 12 atom stereocenters. The van der Waals surface area contributed by atoms with Gasteiger partial charge in [0.1, 0.15) is 29.6 Å². The molecule has 10 rings (SSSR count). The number of nitrogens with one attached hydrogen (secondary N) is 3. The summed E-state index contributed by atoms with van der Waals surface area (Å²) in [6.07, 6.45) is -15.1. The number of aryl methyl sites for hydroxylation is 2. The van der Waals surface area contributed by atoms with Gasteiger partial charge in [-0.2, -0.15) is 50.0 Å². The first-order chi connectivity index (χ1) is 44.0. The number of ether oxygens (including phenoxy) is 1. The number of carbonyl (C=O) groups excluding carboxylic acids is 9. The number of Topliss-reactive ketones (excluding diaryl/α,β-unsaturated/α-hetero) is 4. The van der Waals surface area contributed by atoms with Crippen molar-refractivity contribution in [3.63, 3.8) is 0 Å². The minimum atomic E-state index is -5.62. The molecule has 2 unspecified atom stereocenters. The predicted octanol–water partition coefficient (Wildman–Crippen LogP) is 4.91. The van der Waals surface area contributed by atoms with Gasteiger partial charge < -0.3 is 36.6 Å². The number of amides is 3. The summed E-state index contributed by atoms with van der Waals surface area (Å²) >= 11 is 0. The van der Waals surface area contributed by atoms with Gasteiger partial charge in [-0.05, 0) is 142 Å². The van der Waals surface area contributed by atoms with Crippen LogP contribution in [0, 0.1) is 50.4 Å². The molecule has 2 aromatic carbocycles. The summed E-state index contributed by atoms with van der Waals surface area (Å²) < 4.78 is 108. The summed E-state index contributed by atoms with van der Waals surface area (Å²) in [5.41, 5.74) is 15.2. The minimum absolute atomic E-state index is 0.0498. The second kappa shape index (κ2) is 26.2. The van der Waals surface area contributed by atoms with Crippen molar-refractivity contribution in [2.75, 3.05) is 27.2 Å². The van der Waals surface area contributed by atoms with Gasteiger partial charge >= 0.3 is 36.4 Å². The number of likely N-dealkylation sites (N-methyl/N-ethyl adjacent to an activating group) is 2. The molecular weight excluding hydrogens is 1270 g/mol. The zero-order valence-corrected chi connectivity index (χ0v) is 53.5. The summed E-state index contributed by atoms with van der Waals surface area (Å²) in [7, 11) is 3.83. The van der Waals surface area contributed by atoms with E-state index in [1.54, 1.807) is 33.0 Å². The first-order valence-corrected chi connectivity index (χ1v) is 30.0. The van der Waals surface area contributed by atoms with Gasteiger partial charge in [0.25, 0.3) is 0 Å². The number of benzene rings is 2. The summed E-state index contributed by atoms with van der Waals surface area (Å²) in [4.78, 5) is 119. The van der Waals surface area contributed by atoms with Crippen LogP contribution in [0.1, 0.15) is 111 Å². The number of carbonyl (C=O) groups is 9. The second-order valence-electron chi connectivity index (χ2n) is 25.1. The van der Waals surface area contributed by atoms with Crippen LogP contribution in [-0.4, -0.2) is 189 Å². The van der Waals surface area contributed by atoms with Crippen molar-refractivity contribution in [3.8, 4) is 23.6 Å². The van der Waals surface area contributed by atoms with Crippen molar-refractivity contribution in [2.24, 2.45) is 5.73 Å². The first kappa shape index (κ1) is 72.2. The van der Waals surface area contributed by atoms with Crippen LogP contribution in [0.2, 0.25) is 0 Å². The van der Waals surface area contributed by atoms with E-state index in [1.807, 2.05) is 62.6 Å². The fraction of sp³-hybridized carbons (Fsp3) is 0.516. The van der Waals surface area contributed by atoms with E-state index in [0.29, 0.717) is 51.8 Å². The number of nitriles is 2. The smallest absolute Gasteiger partial charge is 0.491 e. The molecule has 31 heteroatoms. The lowest BCUT2D eigenvalue weighted by Gasteiger charge is -2.60. The fourth-order valence-corrected chi connectivity index (χ4v) is 14.4. The van der Waals surface area contributed by atoms with E-state index >= 15 is 0 Å². The normalized spacial score (nSPS) is 26.5. The Bertz CT molecular complexity index is 3890. The Balaban J connectivity index is 0.000000207. The van der Waals surface area contributed by atoms with Crippen molar-refractivity contribution >= 4 is 52.8 Å². The molecule has 2 fully saturated rings. The van der Waals surface area contributed by atoms with E-state index in [-0.39, 0.29) is 102 Å². The number of piperazine rings is 2. The van der Waals surface area contributed by atoms with Crippen LogP contribution in [0.3, 0.4) is 0 Å². The molecule has 22 nitrogen and oxygen atoms in total. The highest BCUT2D eigenvalue weighted by Gasteiger charge is 2.60. The lowest BCUT2D eigenvalue weighted by atomic mass is 9.69. The van der Waals surface area contributed by atoms with Crippen molar-refractivity contribution in [1.29, 1.82) is 10.5 Å². The fourth-order valence-electron chi connectivity index (χ4n) is 14.4. The zero-order chi connectivity index (χ0) is 71.2. The lowest BCUT2D eigenvalue weighted by molar-refractivity contribution is -0.221. The summed E-state index contributed by atoms with van der Waals surface area (Å²) in [6, 6.07) is 1.35. The Hall–Kier alpha value is -8.62. The highest BCUT2D eigenvalue weighted by Crippen LogP contribution is 2.55. The SMILES string of the molecule is CC1=C(C)C(=O)C2=C(CC3[C@H]4c5c(cc(C)c(C)c5O)C[C@@H]([C@H](C#N)N3[C@H]2CNC(=O)[C@H](C)N)N4C)C1=O.CC1=C(C)C(=O)C2=C(CC3[C@H]4c5c(cc(C)c(C)c5O)C[C@@H]([C@H](C#N)N3[C@H]2CNC(=O)[C@H](C)NC(=O)C(F)(F)F)N4C)C1=O.O=C(OC(=O)C(F)(F)F)C(F)(F)F. The standard InChI is InChI=1S/C31H34F3N5O5.C29H35N5O4.C4F6O3/c1-12-7-17-8-19-21(10-35)39-20(25(38(19)6)23(17)27(41)13(12)2)9-18-24(28(42)15(4)14(3)26(18)40)22(39)11-36-29(43)16(5)37-30(44)31(32,33)34;1-12-7-17-8-19-21(10-30)34-20(25(33(19)6)23(17)27(36)13(12)2)9-18-24(22(34)11-32-29(38)16(5)31)28(37)15(4)14(3)26(18)35;5-3(6,7)1(11)13-2(12)4(8,9)10/h7,16,19-22,25,41H,8-9,11H2,1-6H3,(H,36,43)(H,37,44);7,16,19-22,25,36H,8-9,11,31H2,1-6H3,(H,32,38);/t2*16-,19-,20?,21-,22-,25-;/m00./s1. The van der Waals surface area contributed by atoms with Crippen molar-refractivity contribution < 1.29 is 97.6 Å². The van der Waals surface area contributed by atoms with Crippen LogP contribution in [0.15, 0.2) is 56.7 Å². The molecule has 8 aliphatic rings. The van der Waals surface area contributed by atoms with Gasteiger partial charge in [-0.1, -0.05) is 12.1 Å². The molecule has 0 aromatic heterocycles. The van der Waals surface area contributed by atoms with E-state index in [1.165, 1.54) is 6.92 Å². The maximum atomic E-state index is 13.8. The number of alkyl halides is 9. The van der Waals surface area contributed by atoms with Crippen LogP contribution in [0.25, 0.3) is 0 Å².